The average molecular weight is 342 g/mol. The minimum Gasteiger partial charge on any atom is -0.393 e. The molecule has 3 rings (SSSR count). The minimum absolute atomic E-state index is 0.0149. The van der Waals surface area contributed by atoms with Crippen LogP contribution in [0.15, 0.2) is 48.8 Å². The first-order valence-electron chi connectivity index (χ1n) is 8.71. The average Bonchev–Trinajstić information content (AvgIpc) is 2.59. The number of aliphatic hydroxyl groups is 1. The highest BCUT2D eigenvalue weighted by atomic mass is 19.1. The number of aryl methyl sites for hydroxylation is 1. The molecule has 0 saturated heterocycles. The van der Waals surface area contributed by atoms with Gasteiger partial charge in [0.15, 0.2) is 0 Å². The van der Waals surface area contributed by atoms with Crippen molar-refractivity contribution in [1.82, 2.24) is 10.3 Å². The van der Waals surface area contributed by atoms with Crippen LogP contribution in [0, 0.1) is 11.7 Å². The van der Waals surface area contributed by atoms with E-state index in [-0.39, 0.29) is 36.2 Å². The molecule has 1 atom stereocenters. The summed E-state index contributed by atoms with van der Waals surface area (Å²) in [4.78, 5) is 16.4. The molecule has 132 valence electrons. The van der Waals surface area contributed by atoms with Gasteiger partial charge in [0.25, 0.3) is 0 Å². The van der Waals surface area contributed by atoms with Crippen LogP contribution in [0.4, 0.5) is 4.39 Å². The maximum absolute atomic E-state index is 13.7. The number of aromatic nitrogens is 1. The molecule has 1 fully saturated rings. The van der Waals surface area contributed by atoms with Crippen LogP contribution in [0.1, 0.15) is 30.4 Å². The van der Waals surface area contributed by atoms with Crippen LogP contribution in [-0.2, 0) is 17.6 Å². The van der Waals surface area contributed by atoms with Crippen LogP contribution in [0.2, 0.25) is 0 Å². The number of nitrogens with zero attached hydrogens (tertiary/aromatic N) is 1. The smallest absolute Gasteiger partial charge is 0.220 e. The summed E-state index contributed by atoms with van der Waals surface area (Å²) in [6.07, 6.45) is 5.99. The molecule has 1 aromatic carbocycles. The third kappa shape index (κ3) is 4.86. The first-order valence-corrected chi connectivity index (χ1v) is 8.71. The third-order valence-corrected chi connectivity index (χ3v) is 4.85. The molecule has 0 aliphatic heterocycles. The molecule has 1 amide bonds. The fraction of sp³-hybridized carbons (Fsp3) is 0.400. The summed E-state index contributed by atoms with van der Waals surface area (Å²) in [5.41, 5.74) is 1.66. The monoisotopic (exact) mass is 342 g/mol. The van der Waals surface area contributed by atoms with Gasteiger partial charge in [0.05, 0.1) is 6.10 Å². The molecular weight excluding hydrogens is 319 g/mol. The number of hydrogen-bond donors (Lipinski definition) is 2. The first kappa shape index (κ1) is 17.5. The summed E-state index contributed by atoms with van der Waals surface area (Å²) in [6, 6.07) is 10.4. The van der Waals surface area contributed by atoms with E-state index in [1.807, 2.05) is 12.1 Å². The zero-order valence-corrected chi connectivity index (χ0v) is 14.1. The Morgan fingerprint density at radius 3 is 2.64 bits per heavy atom. The van der Waals surface area contributed by atoms with Gasteiger partial charge in [-0.15, -0.1) is 0 Å². The number of aliphatic hydroxyl groups excluding tert-OH is 1. The highest BCUT2D eigenvalue weighted by Crippen LogP contribution is 2.31. The van der Waals surface area contributed by atoms with Gasteiger partial charge in [-0.3, -0.25) is 9.78 Å². The number of pyridine rings is 1. The van der Waals surface area contributed by atoms with E-state index in [1.165, 1.54) is 6.07 Å². The maximum atomic E-state index is 13.7. The van der Waals surface area contributed by atoms with Crippen LogP contribution < -0.4 is 5.32 Å². The fourth-order valence-electron chi connectivity index (χ4n) is 3.30. The Morgan fingerprint density at radius 2 is 1.96 bits per heavy atom. The summed E-state index contributed by atoms with van der Waals surface area (Å²) in [6.45, 7) is 0. The minimum atomic E-state index is -0.272. The fourth-order valence-corrected chi connectivity index (χ4v) is 3.30. The van der Waals surface area contributed by atoms with Gasteiger partial charge in [-0.2, -0.15) is 0 Å². The molecule has 1 unspecified atom stereocenters. The van der Waals surface area contributed by atoms with Crippen molar-refractivity contribution >= 4 is 5.91 Å². The maximum Gasteiger partial charge on any atom is 0.220 e. The van der Waals surface area contributed by atoms with Gasteiger partial charge < -0.3 is 10.4 Å². The van der Waals surface area contributed by atoms with E-state index in [4.69, 9.17) is 0 Å². The van der Waals surface area contributed by atoms with Gasteiger partial charge in [0.2, 0.25) is 5.91 Å². The summed E-state index contributed by atoms with van der Waals surface area (Å²) < 4.78 is 13.7. The number of benzene rings is 1. The first-order chi connectivity index (χ1) is 12.1. The van der Waals surface area contributed by atoms with Crippen molar-refractivity contribution in [3.05, 3.63) is 65.7 Å². The zero-order valence-electron chi connectivity index (χ0n) is 14.1. The molecule has 0 bridgehead atoms. The van der Waals surface area contributed by atoms with Crippen molar-refractivity contribution in [3.8, 4) is 0 Å². The number of hydrogen-bond acceptors (Lipinski definition) is 3. The van der Waals surface area contributed by atoms with Gasteiger partial charge in [-0.25, -0.2) is 4.39 Å². The Balaban J connectivity index is 1.57. The largest absolute Gasteiger partial charge is 0.393 e. The van der Waals surface area contributed by atoms with Gasteiger partial charge >= 0.3 is 0 Å². The molecule has 4 nitrogen and oxygen atoms in total. The van der Waals surface area contributed by atoms with Crippen molar-refractivity contribution in [2.45, 2.75) is 44.2 Å². The molecule has 1 aliphatic carbocycles. The number of amides is 1. The predicted molar refractivity (Wildman–Crippen MR) is 93.3 cm³/mol. The van der Waals surface area contributed by atoms with E-state index in [1.54, 1.807) is 30.6 Å². The molecule has 0 spiro atoms. The van der Waals surface area contributed by atoms with Crippen molar-refractivity contribution < 1.29 is 14.3 Å². The molecule has 2 aromatic rings. The number of nitrogens with one attached hydrogen (secondary N) is 1. The highest BCUT2D eigenvalue weighted by molar-refractivity contribution is 5.76. The third-order valence-electron chi connectivity index (χ3n) is 4.85. The van der Waals surface area contributed by atoms with Gasteiger partial charge in [-0.05, 0) is 60.9 Å². The molecule has 5 heteroatoms. The van der Waals surface area contributed by atoms with Crippen LogP contribution in [0.3, 0.4) is 0 Å². The summed E-state index contributed by atoms with van der Waals surface area (Å²) in [5.74, 6) is -0.0740. The zero-order chi connectivity index (χ0) is 17.6. The Kier molecular flexibility index (Phi) is 5.76. The second-order valence-electron chi connectivity index (χ2n) is 6.71. The van der Waals surface area contributed by atoms with Gasteiger partial charge in [-0.1, -0.05) is 18.2 Å². The van der Waals surface area contributed by atoms with Gasteiger partial charge in [0, 0.05) is 24.9 Å². The number of rotatable bonds is 7. The van der Waals surface area contributed by atoms with Crippen LogP contribution in [0.25, 0.3) is 0 Å². The van der Waals surface area contributed by atoms with E-state index >= 15 is 0 Å². The molecule has 1 saturated carbocycles. The lowest BCUT2D eigenvalue weighted by Gasteiger charge is -2.38. The van der Waals surface area contributed by atoms with Crippen molar-refractivity contribution in [2.24, 2.45) is 5.92 Å². The van der Waals surface area contributed by atoms with E-state index < -0.39 is 0 Å². The SMILES string of the molecule is O=C(CCc1ccccc1F)NC(Cc1ccncc1)C1CC(O)C1. The van der Waals surface area contributed by atoms with Crippen molar-refractivity contribution in [3.63, 3.8) is 0 Å². The quantitative estimate of drug-likeness (QED) is 0.813. The molecule has 1 aromatic heterocycles. The van der Waals surface area contributed by atoms with Crippen molar-refractivity contribution in [2.75, 3.05) is 0 Å². The predicted octanol–water partition coefficient (Wildman–Crippen LogP) is 2.65. The number of halogens is 1. The molecule has 25 heavy (non-hydrogen) atoms. The molecule has 0 radical (unpaired) electrons. The number of carbonyl (C=O) groups is 1. The Morgan fingerprint density at radius 1 is 1.24 bits per heavy atom. The van der Waals surface area contributed by atoms with Crippen LogP contribution >= 0.6 is 0 Å². The summed E-state index contributed by atoms with van der Waals surface area (Å²) in [5, 5.41) is 12.7. The Bertz CT molecular complexity index is 702. The van der Waals surface area contributed by atoms with E-state index in [9.17, 15) is 14.3 Å². The second kappa shape index (κ2) is 8.21. The Hall–Kier alpha value is -2.27. The lowest BCUT2D eigenvalue weighted by molar-refractivity contribution is -0.122. The standard InChI is InChI=1S/C20H23FN2O2/c21-18-4-2-1-3-15(18)5-6-20(25)23-19(16-12-17(24)13-16)11-14-7-9-22-10-8-14/h1-4,7-10,16-17,19,24H,5-6,11-13H2,(H,23,25). The summed E-state index contributed by atoms with van der Waals surface area (Å²) in [7, 11) is 0. The van der Waals surface area contributed by atoms with E-state index in [0.717, 1.165) is 5.56 Å². The second-order valence-corrected chi connectivity index (χ2v) is 6.71. The highest BCUT2D eigenvalue weighted by Gasteiger charge is 2.34. The molecule has 1 aliphatic rings. The molecule has 1 heterocycles. The molecular formula is C20H23FN2O2. The summed E-state index contributed by atoms with van der Waals surface area (Å²) >= 11 is 0. The lowest BCUT2D eigenvalue weighted by atomic mass is 9.75. The van der Waals surface area contributed by atoms with E-state index in [0.29, 0.717) is 31.2 Å². The van der Waals surface area contributed by atoms with E-state index in [2.05, 4.69) is 10.3 Å². The topological polar surface area (TPSA) is 62.2 Å². The van der Waals surface area contributed by atoms with Crippen LogP contribution in [0.5, 0.6) is 0 Å². The normalized spacial score (nSPS) is 20.6. The van der Waals surface area contributed by atoms with Gasteiger partial charge in [0.1, 0.15) is 5.82 Å². The van der Waals surface area contributed by atoms with Crippen molar-refractivity contribution in [1.29, 1.82) is 0 Å². The van der Waals surface area contributed by atoms with Crippen LogP contribution in [-0.4, -0.2) is 28.1 Å². The lowest BCUT2D eigenvalue weighted by Crippen LogP contribution is -2.48. The molecule has 2 N–H and O–H groups in total. The Labute approximate surface area is 147 Å². The number of carbonyl (C=O) groups excluding carboxylic acids is 1.